The summed E-state index contributed by atoms with van der Waals surface area (Å²) in [5, 5.41) is 10.2. The normalized spacial score (nSPS) is 12.0. The van der Waals surface area contributed by atoms with E-state index < -0.39 is 6.04 Å². The first-order valence-electron chi connectivity index (χ1n) is 10.3. The molecule has 0 unspecified atom stereocenters. The van der Waals surface area contributed by atoms with Crippen LogP contribution in [0.1, 0.15) is 35.0 Å². The Morgan fingerprint density at radius 3 is 2.35 bits per heavy atom. The van der Waals surface area contributed by atoms with Crippen molar-refractivity contribution in [1.29, 1.82) is 0 Å². The number of aryl methyl sites for hydroxylation is 1. The molecular weight excluding hydrogens is 388 g/mol. The molecule has 3 aromatic rings. The maximum absolute atomic E-state index is 12.5. The van der Waals surface area contributed by atoms with E-state index in [1.807, 2.05) is 67.1 Å². The van der Waals surface area contributed by atoms with Crippen LogP contribution in [0.2, 0.25) is 0 Å². The van der Waals surface area contributed by atoms with Crippen LogP contribution in [0.3, 0.4) is 0 Å². The maximum Gasteiger partial charge on any atom is 0.244 e. The lowest BCUT2D eigenvalue weighted by atomic mass is 10.2. The van der Waals surface area contributed by atoms with E-state index in [2.05, 4.69) is 27.9 Å². The van der Waals surface area contributed by atoms with Crippen molar-refractivity contribution in [1.82, 2.24) is 20.4 Å². The molecule has 0 spiro atoms. The zero-order chi connectivity index (χ0) is 22.2. The van der Waals surface area contributed by atoms with E-state index in [1.54, 1.807) is 13.0 Å². The van der Waals surface area contributed by atoms with Crippen LogP contribution in [0.25, 0.3) is 6.08 Å². The highest BCUT2D eigenvalue weighted by Gasteiger charge is 2.17. The lowest BCUT2D eigenvalue weighted by Crippen LogP contribution is -2.44. The summed E-state index contributed by atoms with van der Waals surface area (Å²) < 4.78 is 1.95. The Labute approximate surface area is 183 Å². The van der Waals surface area contributed by atoms with E-state index in [-0.39, 0.29) is 11.8 Å². The summed E-state index contributed by atoms with van der Waals surface area (Å²) in [6, 6.07) is 19.0. The monoisotopic (exact) mass is 416 g/mol. The number of nitrogens with zero attached hydrogens (tertiary/aromatic N) is 2. The van der Waals surface area contributed by atoms with Gasteiger partial charge in [-0.15, -0.1) is 0 Å². The van der Waals surface area contributed by atoms with Gasteiger partial charge >= 0.3 is 0 Å². The largest absolute Gasteiger partial charge is 0.350 e. The summed E-state index contributed by atoms with van der Waals surface area (Å²) in [5.74, 6) is -0.550. The van der Waals surface area contributed by atoms with Crippen LogP contribution in [0, 0.1) is 13.8 Å². The minimum atomic E-state index is -0.645. The summed E-state index contributed by atoms with van der Waals surface area (Å²) in [6.45, 7) is 6.66. The summed E-state index contributed by atoms with van der Waals surface area (Å²) in [5.41, 5.74) is 4.99. The topological polar surface area (TPSA) is 76.0 Å². The van der Waals surface area contributed by atoms with Crippen LogP contribution in [-0.2, 0) is 22.7 Å². The summed E-state index contributed by atoms with van der Waals surface area (Å²) in [7, 11) is 0. The molecule has 0 saturated carbocycles. The van der Waals surface area contributed by atoms with Crippen molar-refractivity contribution >= 4 is 17.9 Å². The zero-order valence-electron chi connectivity index (χ0n) is 18.1. The molecule has 0 aliphatic rings. The van der Waals surface area contributed by atoms with Gasteiger partial charge in [-0.25, -0.2) is 0 Å². The Hall–Kier alpha value is -3.67. The highest BCUT2D eigenvalue weighted by Crippen LogP contribution is 2.14. The second-order valence-electron chi connectivity index (χ2n) is 7.48. The average Bonchev–Trinajstić information content (AvgIpc) is 3.04. The Morgan fingerprint density at radius 1 is 1.03 bits per heavy atom. The Balaban J connectivity index is 1.54. The van der Waals surface area contributed by atoms with Crippen LogP contribution in [0.4, 0.5) is 0 Å². The third-order valence-electron chi connectivity index (χ3n) is 5.12. The molecule has 160 valence electrons. The molecule has 2 aromatic carbocycles. The van der Waals surface area contributed by atoms with Crippen LogP contribution in [-0.4, -0.2) is 27.6 Å². The van der Waals surface area contributed by atoms with Crippen molar-refractivity contribution in [3.63, 3.8) is 0 Å². The van der Waals surface area contributed by atoms with Gasteiger partial charge in [-0.1, -0.05) is 60.7 Å². The van der Waals surface area contributed by atoms with E-state index in [0.717, 1.165) is 22.5 Å². The Morgan fingerprint density at radius 2 is 1.68 bits per heavy atom. The summed E-state index contributed by atoms with van der Waals surface area (Å²) >= 11 is 0. The molecule has 0 radical (unpaired) electrons. The van der Waals surface area contributed by atoms with Crippen LogP contribution >= 0.6 is 0 Å². The second-order valence-corrected chi connectivity index (χ2v) is 7.48. The molecule has 6 heteroatoms. The average molecular weight is 417 g/mol. The number of hydrogen-bond acceptors (Lipinski definition) is 3. The molecule has 31 heavy (non-hydrogen) atoms. The standard InChI is InChI=1S/C25H28N4O2/c1-18-23(20(3)29(28-18)17-22-12-8-5-9-13-22)16-26-25(31)19(2)27-24(30)15-14-21-10-6-4-7-11-21/h4-15,19H,16-17H2,1-3H3,(H,26,31)(H,27,30)/b15-14+/t19-/m0/s1. The first-order valence-corrected chi connectivity index (χ1v) is 10.3. The van der Waals surface area contributed by atoms with Crippen LogP contribution in [0.15, 0.2) is 66.7 Å². The SMILES string of the molecule is Cc1nn(Cc2ccccc2)c(C)c1CNC(=O)[C@H](C)NC(=O)/C=C/c1ccccc1. The molecule has 1 atom stereocenters. The Kier molecular flexibility index (Phi) is 7.38. The molecule has 0 aliphatic carbocycles. The number of aromatic nitrogens is 2. The fourth-order valence-corrected chi connectivity index (χ4v) is 3.29. The molecule has 0 saturated heterocycles. The highest BCUT2D eigenvalue weighted by molar-refractivity contribution is 5.95. The molecule has 0 aliphatic heterocycles. The fraction of sp³-hybridized carbons (Fsp3) is 0.240. The van der Waals surface area contributed by atoms with Gasteiger partial charge in [-0.3, -0.25) is 14.3 Å². The number of carbonyl (C=O) groups excluding carboxylic acids is 2. The van der Waals surface area contributed by atoms with Crippen molar-refractivity contribution in [3.05, 3.63) is 94.8 Å². The van der Waals surface area contributed by atoms with Crippen molar-refractivity contribution < 1.29 is 9.59 Å². The molecular formula is C25H28N4O2. The van der Waals surface area contributed by atoms with E-state index in [0.29, 0.717) is 13.1 Å². The minimum absolute atomic E-state index is 0.240. The minimum Gasteiger partial charge on any atom is -0.350 e. The first kappa shape index (κ1) is 22.0. The second kappa shape index (κ2) is 10.4. The van der Waals surface area contributed by atoms with Gasteiger partial charge in [-0.05, 0) is 38.0 Å². The van der Waals surface area contributed by atoms with Crippen molar-refractivity contribution in [2.24, 2.45) is 0 Å². The lowest BCUT2D eigenvalue weighted by Gasteiger charge is -2.13. The molecule has 2 amide bonds. The maximum atomic E-state index is 12.5. The number of nitrogens with one attached hydrogen (secondary N) is 2. The van der Waals surface area contributed by atoms with Gasteiger partial charge in [0, 0.05) is 23.9 Å². The van der Waals surface area contributed by atoms with Gasteiger partial charge in [0.2, 0.25) is 11.8 Å². The smallest absolute Gasteiger partial charge is 0.244 e. The fourth-order valence-electron chi connectivity index (χ4n) is 3.29. The van der Waals surface area contributed by atoms with Crippen LogP contribution < -0.4 is 10.6 Å². The summed E-state index contributed by atoms with van der Waals surface area (Å²) in [6.07, 6.45) is 3.15. The quantitative estimate of drug-likeness (QED) is 0.553. The molecule has 1 aromatic heterocycles. The third kappa shape index (κ3) is 6.15. The predicted octanol–water partition coefficient (Wildman–Crippen LogP) is 3.38. The molecule has 2 N–H and O–H groups in total. The van der Waals surface area contributed by atoms with Crippen molar-refractivity contribution in [2.45, 2.75) is 39.9 Å². The number of hydrogen-bond donors (Lipinski definition) is 2. The van der Waals surface area contributed by atoms with E-state index in [4.69, 9.17) is 0 Å². The molecule has 6 nitrogen and oxygen atoms in total. The van der Waals surface area contributed by atoms with Gasteiger partial charge in [-0.2, -0.15) is 5.10 Å². The highest BCUT2D eigenvalue weighted by atomic mass is 16.2. The van der Waals surface area contributed by atoms with Crippen molar-refractivity contribution in [2.75, 3.05) is 0 Å². The van der Waals surface area contributed by atoms with Gasteiger partial charge in [0.1, 0.15) is 6.04 Å². The summed E-state index contributed by atoms with van der Waals surface area (Å²) in [4.78, 5) is 24.6. The van der Waals surface area contributed by atoms with Gasteiger partial charge < -0.3 is 10.6 Å². The predicted molar refractivity (Wildman–Crippen MR) is 122 cm³/mol. The van der Waals surface area contributed by atoms with Gasteiger partial charge in [0.05, 0.1) is 12.2 Å². The molecule has 0 bridgehead atoms. The lowest BCUT2D eigenvalue weighted by molar-refractivity contribution is -0.126. The van der Waals surface area contributed by atoms with Crippen molar-refractivity contribution in [3.8, 4) is 0 Å². The van der Waals surface area contributed by atoms with E-state index >= 15 is 0 Å². The number of amides is 2. The molecule has 0 fully saturated rings. The van der Waals surface area contributed by atoms with Crippen LogP contribution in [0.5, 0.6) is 0 Å². The zero-order valence-corrected chi connectivity index (χ0v) is 18.1. The molecule has 3 rings (SSSR count). The number of rotatable bonds is 8. The number of benzene rings is 2. The van der Waals surface area contributed by atoms with E-state index in [9.17, 15) is 9.59 Å². The van der Waals surface area contributed by atoms with Gasteiger partial charge in [0.15, 0.2) is 0 Å². The number of carbonyl (C=O) groups is 2. The Bertz CT molecular complexity index is 1060. The van der Waals surface area contributed by atoms with Gasteiger partial charge in [0.25, 0.3) is 0 Å². The molecule has 1 heterocycles. The third-order valence-corrected chi connectivity index (χ3v) is 5.12. The first-order chi connectivity index (χ1) is 14.9. The van der Waals surface area contributed by atoms with E-state index in [1.165, 1.54) is 11.6 Å².